The predicted molar refractivity (Wildman–Crippen MR) is 81.0 cm³/mol. The molecule has 6 heteroatoms. The summed E-state index contributed by atoms with van der Waals surface area (Å²) in [7, 11) is 0. The Bertz CT molecular complexity index is 454. The number of rotatable bonds is 4. The Balaban J connectivity index is 1.55. The first kappa shape index (κ1) is 15.3. The number of carbonyl (C=O) groups excluding carboxylic acids is 3. The quantitative estimate of drug-likeness (QED) is 0.773. The molecule has 3 rings (SSSR count). The lowest BCUT2D eigenvalue weighted by atomic mass is 9.84. The summed E-state index contributed by atoms with van der Waals surface area (Å²) < 4.78 is 0. The molecule has 0 bridgehead atoms. The Kier molecular flexibility index (Phi) is 4.64. The Morgan fingerprint density at radius 1 is 1.05 bits per heavy atom. The van der Waals surface area contributed by atoms with Gasteiger partial charge in [0.15, 0.2) is 0 Å². The molecule has 122 valence electrons. The molecule has 3 fully saturated rings. The van der Waals surface area contributed by atoms with Crippen molar-refractivity contribution in [3.8, 4) is 0 Å². The molecule has 0 aromatic heterocycles. The Morgan fingerprint density at radius 2 is 1.68 bits per heavy atom. The minimum atomic E-state index is -0.424. The second-order valence-electron chi connectivity index (χ2n) is 6.80. The maximum atomic E-state index is 12.5. The van der Waals surface area contributed by atoms with Crippen molar-refractivity contribution in [2.24, 2.45) is 5.92 Å². The topological polar surface area (TPSA) is 78.5 Å². The van der Waals surface area contributed by atoms with Crippen LogP contribution in [0.1, 0.15) is 57.8 Å². The highest BCUT2D eigenvalue weighted by atomic mass is 16.2. The number of nitrogens with one attached hydrogen (secondary N) is 2. The van der Waals surface area contributed by atoms with E-state index in [1.165, 1.54) is 6.42 Å². The van der Waals surface area contributed by atoms with E-state index in [-0.39, 0.29) is 30.3 Å². The van der Waals surface area contributed by atoms with Gasteiger partial charge in [-0.15, -0.1) is 0 Å². The van der Waals surface area contributed by atoms with Crippen LogP contribution in [0.25, 0.3) is 0 Å². The molecule has 0 aromatic carbocycles. The molecule has 0 spiro atoms. The molecule has 1 heterocycles. The molecule has 0 radical (unpaired) electrons. The van der Waals surface area contributed by atoms with Crippen molar-refractivity contribution in [2.45, 2.75) is 69.9 Å². The van der Waals surface area contributed by atoms with Gasteiger partial charge >= 0.3 is 6.03 Å². The first-order valence-corrected chi connectivity index (χ1v) is 8.56. The van der Waals surface area contributed by atoms with Crippen molar-refractivity contribution < 1.29 is 14.4 Å². The van der Waals surface area contributed by atoms with E-state index in [1.54, 1.807) is 0 Å². The molecule has 1 saturated heterocycles. The van der Waals surface area contributed by atoms with E-state index in [2.05, 4.69) is 10.6 Å². The third-order valence-corrected chi connectivity index (χ3v) is 5.20. The van der Waals surface area contributed by atoms with Crippen LogP contribution >= 0.6 is 0 Å². The molecule has 0 aromatic rings. The number of nitrogens with zero attached hydrogens (tertiary/aromatic N) is 1. The van der Waals surface area contributed by atoms with Crippen molar-refractivity contribution in [3.63, 3.8) is 0 Å². The molecule has 2 N–H and O–H groups in total. The summed E-state index contributed by atoms with van der Waals surface area (Å²) in [5, 5.41) is 5.71. The second-order valence-corrected chi connectivity index (χ2v) is 6.80. The van der Waals surface area contributed by atoms with Gasteiger partial charge in [0.05, 0.1) is 0 Å². The van der Waals surface area contributed by atoms with E-state index in [0.717, 1.165) is 56.3 Å². The van der Waals surface area contributed by atoms with Crippen LogP contribution < -0.4 is 10.6 Å². The molecule has 0 unspecified atom stereocenters. The van der Waals surface area contributed by atoms with E-state index in [9.17, 15) is 14.4 Å². The largest absolute Gasteiger partial charge is 0.352 e. The van der Waals surface area contributed by atoms with Gasteiger partial charge in [-0.2, -0.15) is 0 Å². The highest BCUT2D eigenvalue weighted by Gasteiger charge is 2.43. The zero-order valence-corrected chi connectivity index (χ0v) is 13.0. The first-order chi connectivity index (χ1) is 10.6. The number of urea groups is 1. The van der Waals surface area contributed by atoms with Gasteiger partial charge < -0.3 is 10.6 Å². The monoisotopic (exact) mass is 307 g/mol. The van der Waals surface area contributed by atoms with E-state index in [0.29, 0.717) is 0 Å². The number of hydrogen-bond donors (Lipinski definition) is 2. The summed E-state index contributed by atoms with van der Waals surface area (Å²) >= 11 is 0. The zero-order valence-electron chi connectivity index (χ0n) is 13.0. The van der Waals surface area contributed by atoms with Crippen LogP contribution in [0.5, 0.6) is 0 Å². The number of hydrogen-bond acceptors (Lipinski definition) is 3. The fourth-order valence-corrected chi connectivity index (χ4v) is 3.96. The fourth-order valence-electron chi connectivity index (χ4n) is 3.96. The summed E-state index contributed by atoms with van der Waals surface area (Å²) in [6, 6.07) is -0.628. The normalized spacial score (nSPS) is 27.3. The maximum Gasteiger partial charge on any atom is 0.325 e. The van der Waals surface area contributed by atoms with E-state index in [4.69, 9.17) is 0 Å². The zero-order chi connectivity index (χ0) is 15.5. The minimum absolute atomic E-state index is 0.148. The Labute approximate surface area is 131 Å². The van der Waals surface area contributed by atoms with Crippen molar-refractivity contribution in [3.05, 3.63) is 0 Å². The summed E-state index contributed by atoms with van der Waals surface area (Å²) in [5.74, 6) is -0.216. The number of amides is 4. The van der Waals surface area contributed by atoms with E-state index < -0.39 is 12.1 Å². The first-order valence-electron chi connectivity index (χ1n) is 8.56. The predicted octanol–water partition coefficient (Wildman–Crippen LogP) is 1.55. The molecule has 1 atom stereocenters. The molecule has 2 aliphatic carbocycles. The highest BCUT2D eigenvalue weighted by molar-refractivity contribution is 6.06. The van der Waals surface area contributed by atoms with Crippen LogP contribution in [0.3, 0.4) is 0 Å². The van der Waals surface area contributed by atoms with E-state index >= 15 is 0 Å². The third-order valence-electron chi connectivity index (χ3n) is 5.20. The van der Waals surface area contributed by atoms with Crippen LogP contribution in [0, 0.1) is 5.92 Å². The molecule has 6 nitrogen and oxygen atoms in total. The van der Waals surface area contributed by atoms with Crippen molar-refractivity contribution in [1.29, 1.82) is 0 Å². The second kappa shape index (κ2) is 6.67. The van der Waals surface area contributed by atoms with Crippen LogP contribution in [-0.4, -0.2) is 41.4 Å². The van der Waals surface area contributed by atoms with Gasteiger partial charge in [0.25, 0.3) is 5.91 Å². The van der Waals surface area contributed by atoms with Crippen molar-refractivity contribution >= 4 is 17.8 Å². The van der Waals surface area contributed by atoms with Gasteiger partial charge in [0.1, 0.15) is 12.6 Å². The summed E-state index contributed by atoms with van der Waals surface area (Å²) in [6.07, 6.45) is 9.68. The molecule has 4 amide bonds. The molecular weight excluding hydrogens is 282 g/mol. The molecular formula is C16H25N3O3. The van der Waals surface area contributed by atoms with Crippen LogP contribution in [0.15, 0.2) is 0 Å². The number of imide groups is 1. The van der Waals surface area contributed by atoms with Crippen LogP contribution in [0.4, 0.5) is 4.79 Å². The van der Waals surface area contributed by atoms with E-state index in [1.807, 2.05) is 0 Å². The lowest BCUT2D eigenvalue weighted by Gasteiger charge is -2.25. The third kappa shape index (κ3) is 3.25. The number of carbonyl (C=O) groups is 3. The van der Waals surface area contributed by atoms with Crippen molar-refractivity contribution in [2.75, 3.05) is 6.54 Å². The lowest BCUT2D eigenvalue weighted by Crippen LogP contribution is -2.44. The Hall–Kier alpha value is -1.59. The SMILES string of the molecule is O=C(CN1C(=O)N[C@@H](C2CCCCC2)C1=O)NC1CCCC1. The van der Waals surface area contributed by atoms with Crippen LogP contribution in [-0.2, 0) is 9.59 Å². The van der Waals surface area contributed by atoms with Crippen molar-refractivity contribution in [1.82, 2.24) is 15.5 Å². The van der Waals surface area contributed by atoms with Gasteiger partial charge in [0.2, 0.25) is 5.91 Å². The average Bonchev–Trinajstić information content (AvgIpc) is 3.11. The van der Waals surface area contributed by atoms with Crippen LogP contribution in [0.2, 0.25) is 0 Å². The lowest BCUT2D eigenvalue weighted by molar-refractivity contribution is -0.133. The van der Waals surface area contributed by atoms with Gasteiger partial charge in [-0.25, -0.2) is 4.79 Å². The standard InChI is InChI=1S/C16H25N3O3/c20-13(17-12-8-4-5-9-12)10-19-15(21)14(18-16(19)22)11-6-2-1-3-7-11/h11-12,14H,1-10H2,(H,17,20)(H,18,22)/t14-/m0/s1. The molecule has 22 heavy (non-hydrogen) atoms. The highest BCUT2D eigenvalue weighted by Crippen LogP contribution is 2.29. The Morgan fingerprint density at radius 3 is 2.36 bits per heavy atom. The van der Waals surface area contributed by atoms with Gasteiger partial charge in [-0.1, -0.05) is 32.1 Å². The van der Waals surface area contributed by atoms with Gasteiger partial charge in [-0.05, 0) is 31.6 Å². The molecule has 2 saturated carbocycles. The van der Waals surface area contributed by atoms with Gasteiger partial charge in [-0.3, -0.25) is 14.5 Å². The molecule has 3 aliphatic rings. The molecule has 1 aliphatic heterocycles. The minimum Gasteiger partial charge on any atom is -0.352 e. The summed E-state index contributed by atoms with van der Waals surface area (Å²) in [5.41, 5.74) is 0. The smallest absolute Gasteiger partial charge is 0.325 e. The van der Waals surface area contributed by atoms with Gasteiger partial charge in [0, 0.05) is 6.04 Å². The summed E-state index contributed by atoms with van der Waals surface area (Å²) in [4.78, 5) is 37.6. The fraction of sp³-hybridized carbons (Fsp3) is 0.812. The maximum absolute atomic E-state index is 12.5. The average molecular weight is 307 g/mol. The summed E-state index contributed by atoms with van der Waals surface area (Å²) in [6.45, 7) is -0.148.